The summed E-state index contributed by atoms with van der Waals surface area (Å²) in [5.74, 6) is 0.729. The number of sulfonamides is 1. The first-order valence-electron chi connectivity index (χ1n) is 8.50. The zero-order valence-corrected chi connectivity index (χ0v) is 16.7. The van der Waals surface area contributed by atoms with Gasteiger partial charge in [0.15, 0.2) is 0 Å². The van der Waals surface area contributed by atoms with Crippen molar-refractivity contribution < 1.29 is 22.7 Å². The van der Waals surface area contributed by atoms with Gasteiger partial charge in [-0.3, -0.25) is 4.79 Å². The summed E-state index contributed by atoms with van der Waals surface area (Å²) in [4.78, 5) is 12.6. The molecule has 0 radical (unpaired) electrons. The molecule has 0 spiro atoms. The number of carbonyl (C=O) groups excluding carboxylic acids is 1. The summed E-state index contributed by atoms with van der Waals surface area (Å²) in [6, 6.07) is 10.9. The van der Waals surface area contributed by atoms with E-state index in [1.54, 1.807) is 32.0 Å². The molecule has 1 amide bonds. The fourth-order valence-electron chi connectivity index (χ4n) is 2.57. The molecule has 2 aromatic rings. The Kier molecular flexibility index (Phi) is 6.81. The van der Waals surface area contributed by atoms with Crippen LogP contribution >= 0.6 is 0 Å². The van der Waals surface area contributed by atoms with Crippen LogP contribution in [0.1, 0.15) is 24.2 Å². The summed E-state index contributed by atoms with van der Waals surface area (Å²) >= 11 is 0. The molecular formula is C19H24N2O5S. The van der Waals surface area contributed by atoms with Gasteiger partial charge in [0.25, 0.3) is 5.91 Å². The molecule has 0 aliphatic heterocycles. The quantitative estimate of drug-likeness (QED) is 0.746. The fourth-order valence-corrected chi connectivity index (χ4v) is 4.03. The van der Waals surface area contributed by atoms with E-state index in [0.29, 0.717) is 35.8 Å². The lowest BCUT2D eigenvalue weighted by molar-refractivity contribution is 0.102. The Morgan fingerprint density at radius 1 is 0.963 bits per heavy atom. The van der Waals surface area contributed by atoms with Crippen LogP contribution in [0.4, 0.5) is 5.69 Å². The Labute approximate surface area is 160 Å². The number of methoxy groups -OCH3 is 2. The lowest BCUT2D eigenvalue weighted by Crippen LogP contribution is -2.30. The number of hydrogen-bond donors (Lipinski definition) is 1. The van der Waals surface area contributed by atoms with E-state index in [-0.39, 0.29) is 10.8 Å². The predicted molar refractivity (Wildman–Crippen MR) is 104 cm³/mol. The Hall–Kier alpha value is -2.58. The molecule has 0 unspecified atom stereocenters. The van der Waals surface area contributed by atoms with Crippen LogP contribution < -0.4 is 14.8 Å². The van der Waals surface area contributed by atoms with Gasteiger partial charge in [0.05, 0.1) is 19.1 Å². The van der Waals surface area contributed by atoms with Crippen LogP contribution in [-0.4, -0.2) is 45.9 Å². The normalized spacial score (nSPS) is 11.3. The molecule has 0 bridgehead atoms. The second-order valence-corrected chi connectivity index (χ2v) is 7.61. The minimum atomic E-state index is -3.55. The SMILES string of the molecule is CCN(CC)S(=O)(=O)c1ccc(C(=O)Nc2cc(OC)cc(OC)c2)cc1. The fraction of sp³-hybridized carbons (Fsp3) is 0.316. The molecule has 0 saturated heterocycles. The molecule has 8 heteroatoms. The van der Waals surface area contributed by atoms with E-state index in [1.807, 2.05) is 0 Å². The van der Waals surface area contributed by atoms with E-state index < -0.39 is 10.0 Å². The van der Waals surface area contributed by atoms with Gasteiger partial charge in [-0.2, -0.15) is 4.31 Å². The van der Waals surface area contributed by atoms with E-state index in [9.17, 15) is 13.2 Å². The molecule has 0 saturated carbocycles. The minimum Gasteiger partial charge on any atom is -0.497 e. The highest BCUT2D eigenvalue weighted by Crippen LogP contribution is 2.26. The highest BCUT2D eigenvalue weighted by atomic mass is 32.2. The van der Waals surface area contributed by atoms with Gasteiger partial charge in [0.1, 0.15) is 11.5 Å². The lowest BCUT2D eigenvalue weighted by Gasteiger charge is -2.18. The number of nitrogens with zero attached hydrogens (tertiary/aromatic N) is 1. The van der Waals surface area contributed by atoms with Gasteiger partial charge < -0.3 is 14.8 Å². The van der Waals surface area contributed by atoms with E-state index in [1.165, 1.54) is 42.8 Å². The van der Waals surface area contributed by atoms with Crippen molar-refractivity contribution in [3.05, 3.63) is 48.0 Å². The van der Waals surface area contributed by atoms with Gasteiger partial charge in [0, 0.05) is 42.5 Å². The minimum absolute atomic E-state index is 0.158. The monoisotopic (exact) mass is 392 g/mol. The van der Waals surface area contributed by atoms with Gasteiger partial charge in [-0.05, 0) is 24.3 Å². The predicted octanol–water partition coefficient (Wildman–Crippen LogP) is 2.99. The summed E-state index contributed by atoms with van der Waals surface area (Å²) in [5.41, 5.74) is 0.853. The van der Waals surface area contributed by atoms with E-state index in [0.717, 1.165) is 0 Å². The van der Waals surface area contributed by atoms with Crippen molar-refractivity contribution in [1.29, 1.82) is 0 Å². The Balaban J connectivity index is 2.21. The van der Waals surface area contributed by atoms with Crippen molar-refractivity contribution in [3.63, 3.8) is 0 Å². The maximum Gasteiger partial charge on any atom is 0.255 e. The Morgan fingerprint density at radius 2 is 1.48 bits per heavy atom. The number of anilines is 1. The van der Waals surface area contributed by atoms with Crippen LogP contribution in [0.3, 0.4) is 0 Å². The number of ether oxygens (including phenoxy) is 2. The van der Waals surface area contributed by atoms with Crippen LogP contribution in [0.2, 0.25) is 0 Å². The zero-order chi connectivity index (χ0) is 20.0. The van der Waals surface area contributed by atoms with E-state index >= 15 is 0 Å². The van der Waals surface area contributed by atoms with Gasteiger partial charge in [0.2, 0.25) is 10.0 Å². The van der Waals surface area contributed by atoms with Crippen molar-refractivity contribution in [2.45, 2.75) is 18.7 Å². The second kappa shape index (κ2) is 8.88. The number of benzene rings is 2. The second-order valence-electron chi connectivity index (χ2n) is 5.67. The number of carbonyl (C=O) groups is 1. The molecule has 146 valence electrons. The summed E-state index contributed by atoms with van der Waals surface area (Å²) < 4.78 is 36.7. The number of nitrogens with one attached hydrogen (secondary N) is 1. The highest BCUT2D eigenvalue weighted by molar-refractivity contribution is 7.89. The molecule has 0 fully saturated rings. The molecule has 2 aromatic carbocycles. The van der Waals surface area contributed by atoms with Crippen molar-refractivity contribution in [1.82, 2.24) is 4.31 Å². The van der Waals surface area contributed by atoms with E-state index in [4.69, 9.17) is 9.47 Å². The van der Waals surface area contributed by atoms with Crippen LogP contribution in [0.25, 0.3) is 0 Å². The third kappa shape index (κ3) is 4.78. The number of hydrogen-bond acceptors (Lipinski definition) is 5. The van der Waals surface area contributed by atoms with Crippen LogP contribution in [-0.2, 0) is 10.0 Å². The summed E-state index contributed by atoms with van der Waals surface area (Å²) in [7, 11) is -0.506. The molecule has 0 aliphatic carbocycles. The van der Waals surface area contributed by atoms with Gasteiger partial charge >= 0.3 is 0 Å². The molecule has 7 nitrogen and oxygen atoms in total. The van der Waals surface area contributed by atoms with Crippen molar-refractivity contribution in [2.24, 2.45) is 0 Å². The molecule has 27 heavy (non-hydrogen) atoms. The molecule has 0 aromatic heterocycles. The van der Waals surface area contributed by atoms with Gasteiger partial charge in [-0.15, -0.1) is 0 Å². The third-order valence-corrected chi connectivity index (χ3v) is 6.13. The summed E-state index contributed by atoms with van der Waals surface area (Å²) in [6.07, 6.45) is 0. The third-order valence-electron chi connectivity index (χ3n) is 4.07. The first-order chi connectivity index (χ1) is 12.8. The molecule has 0 atom stereocenters. The Morgan fingerprint density at radius 3 is 1.93 bits per heavy atom. The lowest BCUT2D eigenvalue weighted by atomic mass is 10.2. The topological polar surface area (TPSA) is 84.9 Å². The van der Waals surface area contributed by atoms with Gasteiger partial charge in [-0.25, -0.2) is 8.42 Å². The first kappa shape index (κ1) is 20.7. The molecule has 0 heterocycles. The molecule has 2 rings (SSSR count). The standard InChI is InChI=1S/C19H24N2O5S/c1-5-21(6-2)27(23,24)18-9-7-14(8-10-18)19(22)20-15-11-16(25-3)13-17(12-15)26-4/h7-13H,5-6H2,1-4H3,(H,20,22). The summed E-state index contributed by atoms with van der Waals surface area (Å²) in [6.45, 7) is 4.34. The molecule has 1 N–H and O–H groups in total. The maximum absolute atomic E-state index is 12.5. The first-order valence-corrected chi connectivity index (χ1v) is 9.94. The highest BCUT2D eigenvalue weighted by Gasteiger charge is 2.21. The molecular weight excluding hydrogens is 368 g/mol. The Bertz CT molecular complexity index is 869. The average Bonchev–Trinajstić information content (AvgIpc) is 2.68. The maximum atomic E-state index is 12.5. The van der Waals surface area contributed by atoms with Crippen molar-refractivity contribution in [3.8, 4) is 11.5 Å². The smallest absolute Gasteiger partial charge is 0.255 e. The van der Waals surface area contributed by atoms with Crippen LogP contribution in [0.5, 0.6) is 11.5 Å². The van der Waals surface area contributed by atoms with Crippen LogP contribution in [0.15, 0.2) is 47.4 Å². The number of amides is 1. The largest absolute Gasteiger partial charge is 0.497 e. The van der Waals surface area contributed by atoms with Crippen molar-refractivity contribution in [2.75, 3.05) is 32.6 Å². The van der Waals surface area contributed by atoms with E-state index in [2.05, 4.69) is 5.32 Å². The zero-order valence-electron chi connectivity index (χ0n) is 15.9. The average molecular weight is 392 g/mol. The van der Waals surface area contributed by atoms with Crippen LogP contribution in [0, 0.1) is 0 Å². The number of rotatable bonds is 8. The van der Waals surface area contributed by atoms with Crippen molar-refractivity contribution >= 4 is 21.6 Å². The molecule has 0 aliphatic rings. The summed E-state index contributed by atoms with van der Waals surface area (Å²) in [5, 5.41) is 2.75. The van der Waals surface area contributed by atoms with Gasteiger partial charge in [-0.1, -0.05) is 13.8 Å².